The Morgan fingerprint density at radius 2 is 1.89 bits per heavy atom. The van der Waals surface area contributed by atoms with Crippen LogP contribution in [0.3, 0.4) is 0 Å². The average Bonchev–Trinajstić information content (AvgIpc) is 3.43. The third-order valence-corrected chi connectivity index (χ3v) is 6.97. The number of alkyl halides is 3. The molecule has 13 heteroatoms. The van der Waals surface area contributed by atoms with Gasteiger partial charge in [-0.15, -0.1) is 0 Å². The van der Waals surface area contributed by atoms with E-state index >= 15 is 0 Å². The van der Waals surface area contributed by atoms with Crippen molar-refractivity contribution in [3.05, 3.63) is 53.4 Å². The number of pyridine rings is 1. The number of aromatic nitrogens is 3. The highest BCUT2D eigenvalue weighted by atomic mass is 19.4. The van der Waals surface area contributed by atoms with Crippen molar-refractivity contribution in [3.63, 3.8) is 0 Å². The summed E-state index contributed by atoms with van der Waals surface area (Å²) < 4.78 is 70.5. The molecule has 2 N–H and O–H groups in total. The molecule has 3 aromatic rings. The Hall–Kier alpha value is -3.77. The van der Waals surface area contributed by atoms with Gasteiger partial charge in [-0.25, -0.2) is 13.8 Å². The van der Waals surface area contributed by atoms with Gasteiger partial charge in [-0.05, 0) is 31.9 Å². The van der Waals surface area contributed by atoms with E-state index in [1.807, 2.05) is 0 Å². The summed E-state index contributed by atoms with van der Waals surface area (Å²) in [5, 5.41) is 4.36. The van der Waals surface area contributed by atoms with Crippen LogP contribution in [-0.2, 0) is 4.79 Å². The molecule has 2 aliphatic heterocycles. The van der Waals surface area contributed by atoms with Gasteiger partial charge in [0, 0.05) is 49.4 Å². The summed E-state index contributed by atoms with van der Waals surface area (Å²) in [4.78, 5) is 32.0. The van der Waals surface area contributed by atoms with Crippen molar-refractivity contribution in [2.75, 3.05) is 25.4 Å². The van der Waals surface area contributed by atoms with Gasteiger partial charge >= 0.3 is 6.18 Å². The smallest absolute Gasteiger partial charge is 0.384 e. The van der Waals surface area contributed by atoms with E-state index in [4.69, 9.17) is 5.73 Å². The summed E-state index contributed by atoms with van der Waals surface area (Å²) >= 11 is 0. The number of nitrogens with two attached hydrogens (primary N) is 1. The van der Waals surface area contributed by atoms with E-state index in [-0.39, 0.29) is 60.8 Å². The molecule has 1 unspecified atom stereocenters. The summed E-state index contributed by atoms with van der Waals surface area (Å²) in [6, 6.07) is 1.49. The van der Waals surface area contributed by atoms with Crippen LogP contribution in [0.1, 0.15) is 47.8 Å². The number of carbonyl (C=O) groups excluding carboxylic acids is 2. The quantitative estimate of drug-likeness (QED) is 0.528. The molecule has 37 heavy (non-hydrogen) atoms. The highest BCUT2D eigenvalue weighted by molar-refractivity contribution is 5.95. The molecule has 8 nitrogen and oxygen atoms in total. The summed E-state index contributed by atoms with van der Waals surface area (Å²) in [7, 11) is 0. The zero-order valence-corrected chi connectivity index (χ0v) is 19.7. The highest BCUT2D eigenvalue weighted by Gasteiger charge is 2.49. The van der Waals surface area contributed by atoms with Crippen LogP contribution in [-0.4, -0.2) is 68.2 Å². The Bertz CT molecular complexity index is 1380. The Kier molecular flexibility index (Phi) is 6.03. The number of amides is 2. The number of rotatable bonds is 4. The number of hydrogen-bond acceptors (Lipinski definition) is 5. The predicted molar refractivity (Wildman–Crippen MR) is 122 cm³/mol. The molecule has 0 aliphatic carbocycles. The zero-order chi connectivity index (χ0) is 26.6. The number of fused-ring (bicyclic) bond motifs is 1. The van der Waals surface area contributed by atoms with Crippen molar-refractivity contribution in [1.82, 2.24) is 24.6 Å². The Labute approximate surface area is 207 Å². The van der Waals surface area contributed by atoms with E-state index in [1.54, 1.807) is 0 Å². The molecule has 2 atom stereocenters. The lowest BCUT2D eigenvalue weighted by Crippen LogP contribution is -2.48. The van der Waals surface area contributed by atoms with E-state index in [2.05, 4.69) is 10.1 Å². The number of nitrogens with zero attached hydrogens (tertiary/aromatic N) is 5. The first-order chi connectivity index (χ1) is 17.5. The van der Waals surface area contributed by atoms with Gasteiger partial charge in [0.15, 0.2) is 0 Å². The minimum Gasteiger partial charge on any atom is -0.384 e. The van der Waals surface area contributed by atoms with Crippen LogP contribution in [0, 0.1) is 11.6 Å². The third kappa shape index (κ3) is 4.36. The minimum atomic E-state index is -4.58. The molecule has 2 saturated heterocycles. The van der Waals surface area contributed by atoms with Crippen LogP contribution < -0.4 is 5.73 Å². The number of benzene rings is 1. The monoisotopic (exact) mass is 522 g/mol. The molecule has 196 valence electrons. The predicted octanol–water partition coefficient (Wildman–Crippen LogP) is 3.65. The van der Waals surface area contributed by atoms with Gasteiger partial charge in [0.1, 0.15) is 29.5 Å². The SMILES string of the molecule is CC(C(=O)N1CCC[C@H]1C(F)(F)F)n1nc(C2CN(C(=O)c3ccnc(N)c3)C2)c2c(F)cc(F)cc21. The first-order valence-electron chi connectivity index (χ1n) is 11.7. The fourth-order valence-electron chi connectivity index (χ4n) is 5.09. The summed E-state index contributed by atoms with van der Waals surface area (Å²) in [5.41, 5.74) is 6.14. The molecule has 4 heterocycles. The molecule has 1 aromatic carbocycles. The standard InChI is InChI=1S/C24H23F5N6O2/c1-12(22(36)34-6-2-3-18(34)24(27,28)29)35-17-9-15(25)8-16(26)20(17)21(32-35)14-10-33(11-14)23(37)13-4-5-31-19(30)7-13/h4-5,7-9,12,14,18H,2-3,6,10-11H2,1H3,(H2,30,31)/t12?,18-/m0/s1. The van der Waals surface area contributed by atoms with Crippen molar-refractivity contribution in [3.8, 4) is 0 Å². The zero-order valence-electron chi connectivity index (χ0n) is 19.7. The Balaban J connectivity index is 1.44. The Morgan fingerprint density at radius 3 is 2.57 bits per heavy atom. The molecule has 0 saturated carbocycles. The second-order valence-corrected chi connectivity index (χ2v) is 9.40. The normalized spacial score (nSPS) is 19.4. The minimum absolute atomic E-state index is 0.0277. The number of nitrogen functional groups attached to an aromatic ring is 1. The first-order valence-corrected chi connectivity index (χ1v) is 11.7. The van der Waals surface area contributed by atoms with Gasteiger partial charge in [0.25, 0.3) is 5.91 Å². The molecular weight excluding hydrogens is 499 g/mol. The molecule has 2 aliphatic rings. The van der Waals surface area contributed by atoms with Crippen molar-refractivity contribution in [1.29, 1.82) is 0 Å². The van der Waals surface area contributed by atoms with Crippen LogP contribution in [0.5, 0.6) is 0 Å². The summed E-state index contributed by atoms with van der Waals surface area (Å²) in [6.45, 7) is 1.64. The third-order valence-electron chi connectivity index (χ3n) is 6.97. The number of anilines is 1. The summed E-state index contributed by atoms with van der Waals surface area (Å²) in [5.74, 6) is -3.20. The molecule has 5 rings (SSSR count). The van der Waals surface area contributed by atoms with Gasteiger partial charge in [0.2, 0.25) is 5.91 Å². The van der Waals surface area contributed by atoms with E-state index < -0.39 is 41.7 Å². The van der Waals surface area contributed by atoms with Crippen molar-refractivity contribution in [2.45, 2.75) is 43.9 Å². The lowest BCUT2D eigenvalue weighted by Gasteiger charge is -2.38. The van der Waals surface area contributed by atoms with Crippen LogP contribution in [0.2, 0.25) is 0 Å². The number of hydrogen-bond donors (Lipinski definition) is 1. The van der Waals surface area contributed by atoms with Crippen LogP contribution in [0.4, 0.5) is 27.8 Å². The topological polar surface area (TPSA) is 97.4 Å². The summed E-state index contributed by atoms with van der Waals surface area (Å²) in [6.07, 6.45) is -3.18. The molecule has 2 amide bonds. The molecule has 0 spiro atoms. The fourth-order valence-corrected chi connectivity index (χ4v) is 5.09. The lowest BCUT2D eigenvalue weighted by atomic mass is 9.93. The van der Waals surface area contributed by atoms with E-state index in [0.717, 1.165) is 15.6 Å². The fraction of sp³-hybridized carbons (Fsp3) is 0.417. The van der Waals surface area contributed by atoms with Gasteiger partial charge < -0.3 is 15.5 Å². The maximum absolute atomic E-state index is 15.0. The maximum atomic E-state index is 15.0. The van der Waals surface area contributed by atoms with E-state index in [1.165, 1.54) is 30.2 Å². The molecule has 2 aromatic heterocycles. The number of carbonyl (C=O) groups is 2. The van der Waals surface area contributed by atoms with Crippen molar-refractivity contribution in [2.24, 2.45) is 0 Å². The van der Waals surface area contributed by atoms with E-state index in [9.17, 15) is 31.5 Å². The van der Waals surface area contributed by atoms with Crippen LogP contribution in [0.15, 0.2) is 30.5 Å². The van der Waals surface area contributed by atoms with Crippen molar-refractivity contribution < 1.29 is 31.5 Å². The molecule has 0 radical (unpaired) electrons. The van der Waals surface area contributed by atoms with Gasteiger partial charge in [-0.3, -0.25) is 14.3 Å². The van der Waals surface area contributed by atoms with Gasteiger partial charge in [-0.1, -0.05) is 0 Å². The number of halogens is 5. The lowest BCUT2D eigenvalue weighted by molar-refractivity contribution is -0.184. The second kappa shape index (κ2) is 8.96. The van der Waals surface area contributed by atoms with Crippen LogP contribution in [0.25, 0.3) is 10.9 Å². The molecule has 0 bridgehead atoms. The van der Waals surface area contributed by atoms with Gasteiger partial charge in [-0.2, -0.15) is 18.3 Å². The Morgan fingerprint density at radius 1 is 1.16 bits per heavy atom. The molecule has 2 fully saturated rings. The van der Waals surface area contributed by atoms with Crippen LogP contribution >= 0.6 is 0 Å². The maximum Gasteiger partial charge on any atom is 0.408 e. The van der Waals surface area contributed by atoms with Gasteiger partial charge in [0.05, 0.1) is 16.6 Å². The largest absolute Gasteiger partial charge is 0.408 e. The first kappa shape index (κ1) is 24.9. The number of likely N-dealkylation sites (tertiary alicyclic amines) is 2. The second-order valence-electron chi connectivity index (χ2n) is 9.40. The van der Waals surface area contributed by atoms with E-state index in [0.29, 0.717) is 11.6 Å². The van der Waals surface area contributed by atoms with Crippen molar-refractivity contribution >= 4 is 28.5 Å². The highest BCUT2D eigenvalue weighted by Crippen LogP contribution is 2.37. The average molecular weight is 522 g/mol. The molecular formula is C24H23F5N6O2.